The maximum atomic E-state index is 12.2. The third-order valence-electron chi connectivity index (χ3n) is 4.31. The highest BCUT2D eigenvalue weighted by atomic mass is 35.5. The molecular weight excluding hydrogens is 354 g/mol. The van der Waals surface area contributed by atoms with E-state index in [9.17, 15) is 9.59 Å². The van der Waals surface area contributed by atoms with E-state index < -0.39 is 0 Å². The number of halogens is 1. The number of H-pyrrole nitrogens is 1. The highest BCUT2D eigenvalue weighted by molar-refractivity contribution is 6.31. The number of rotatable bonds is 4. The molecule has 1 saturated heterocycles. The summed E-state index contributed by atoms with van der Waals surface area (Å²) in [5.41, 5.74) is 1.10. The van der Waals surface area contributed by atoms with Crippen LogP contribution in [0.25, 0.3) is 10.9 Å². The number of anilines is 2. The Labute approximate surface area is 154 Å². The topological polar surface area (TPSA) is 91.0 Å². The standard InChI is InChI=1S/C18H16ClN5O2/c19-13-3-4-14-11(9-13)8-12(17(26)22-14)10-21-18-20-6-5-15(23-18)24-7-1-2-16(24)25/h3-6,8-9H,1-2,7,10H2,(H,22,26)(H,20,21,23). The molecule has 26 heavy (non-hydrogen) atoms. The number of nitrogens with zero attached hydrogens (tertiary/aromatic N) is 3. The van der Waals surface area contributed by atoms with Gasteiger partial charge in [0.15, 0.2) is 0 Å². The molecule has 7 nitrogen and oxygen atoms in total. The van der Waals surface area contributed by atoms with Crippen LogP contribution < -0.4 is 15.8 Å². The van der Waals surface area contributed by atoms with Gasteiger partial charge in [0.2, 0.25) is 11.9 Å². The molecular formula is C18H16ClN5O2. The molecule has 2 aromatic heterocycles. The minimum absolute atomic E-state index is 0.0671. The van der Waals surface area contributed by atoms with Crippen molar-refractivity contribution in [3.8, 4) is 0 Å². The number of aromatic nitrogens is 3. The Morgan fingerprint density at radius 3 is 2.92 bits per heavy atom. The largest absolute Gasteiger partial charge is 0.350 e. The van der Waals surface area contributed by atoms with Gasteiger partial charge in [-0.15, -0.1) is 0 Å². The first-order valence-corrected chi connectivity index (χ1v) is 8.67. The summed E-state index contributed by atoms with van der Waals surface area (Å²) in [4.78, 5) is 37.1. The van der Waals surface area contributed by atoms with Gasteiger partial charge in [-0.3, -0.25) is 14.5 Å². The van der Waals surface area contributed by atoms with Crippen LogP contribution in [-0.4, -0.2) is 27.4 Å². The predicted molar refractivity (Wildman–Crippen MR) is 101 cm³/mol. The van der Waals surface area contributed by atoms with Crippen molar-refractivity contribution >= 4 is 40.2 Å². The lowest BCUT2D eigenvalue weighted by Gasteiger charge is -2.15. The van der Waals surface area contributed by atoms with E-state index in [1.807, 2.05) is 0 Å². The van der Waals surface area contributed by atoms with Crippen molar-refractivity contribution in [2.45, 2.75) is 19.4 Å². The molecule has 1 aliphatic rings. The lowest BCUT2D eigenvalue weighted by Crippen LogP contribution is -2.25. The Balaban J connectivity index is 1.55. The zero-order valence-electron chi connectivity index (χ0n) is 13.8. The number of amides is 1. The van der Waals surface area contributed by atoms with Gasteiger partial charge in [-0.05, 0) is 36.8 Å². The summed E-state index contributed by atoms with van der Waals surface area (Å²) < 4.78 is 0. The van der Waals surface area contributed by atoms with Crippen LogP contribution in [0.15, 0.2) is 41.3 Å². The fraction of sp³-hybridized carbons (Fsp3) is 0.222. The minimum atomic E-state index is -0.182. The van der Waals surface area contributed by atoms with Crippen molar-refractivity contribution in [3.63, 3.8) is 0 Å². The van der Waals surface area contributed by atoms with Crippen LogP contribution in [0.2, 0.25) is 5.02 Å². The van der Waals surface area contributed by atoms with Crippen LogP contribution in [0, 0.1) is 0 Å². The summed E-state index contributed by atoms with van der Waals surface area (Å²) in [6, 6.07) is 8.80. The molecule has 3 heterocycles. The van der Waals surface area contributed by atoms with Gasteiger partial charge in [-0.1, -0.05) is 11.6 Å². The summed E-state index contributed by atoms with van der Waals surface area (Å²) in [6.07, 6.45) is 2.98. The van der Waals surface area contributed by atoms with Crippen LogP contribution in [0.3, 0.4) is 0 Å². The van der Waals surface area contributed by atoms with Crippen LogP contribution in [0.5, 0.6) is 0 Å². The second kappa shape index (κ2) is 6.76. The number of hydrogen-bond donors (Lipinski definition) is 2. The summed E-state index contributed by atoms with van der Waals surface area (Å²) in [5.74, 6) is 1.01. The third-order valence-corrected chi connectivity index (χ3v) is 4.55. The average Bonchev–Trinajstić information content (AvgIpc) is 3.06. The zero-order chi connectivity index (χ0) is 18.1. The van der Waals surface area contributed by atoms with Gasteiger partial charge in [0.1, 0.15) is 5.82 Å². The molecule has 0 bridgehead atoms. The van der Waals surface area contributed by atoms with Crippen molar-refractivity contribution < 1.29 is 4.79 Å². The molecule has 0 spiro atoms. The minimum Gasteiger partial charge on any atom is -0.350 e. The lowest BCUT2D eigenvalue weighted by molar-refractivity contribution is -0.117. The number of fused-ring (bicyclic) bond motifs is 1. The number of aromatic amines is 1. The van der Waals surface area contributed by atoms with E-state index in [4.69, 9.17) is 11.6 Å². The van der Waals surface area contributed by atoms with E-state index in [0.717, 1.165) is 17.3 Å². The van der Waals surface area contributed by atoms with Crippen molar-refractivity contribution in [1.29, 1.82) is 0 Å². The van der Waals surface area contributed by atoms with Crippen LogP contribution in [0.4, 0.5) is 11.8 Å². The summed E-state index contributed by atoms with van der Waals surface area (Å²) >= 11 is 6.02. The van der Waals surface area contributed by atoms with E-state index in [-0.39, 0.29) is 18.0 Å². The molecule has 0 radical (unpaired) electrons. The van der Waals surface area contributed by atoms with E-state index in [1.54, 1.807) is 41.4 Å². The summed E-state index contributed by atoms with van der Waals surface area (Å²) in [5, 5.41) is 4.51. The van der Waals surface area contributed by atoms with Gasteiger partial charge in [-0.25, -0.2) is 4.98 Å². The Bertz CT molecular complexity index is 1050. The highest BCUT2D eigenvalue weighted by Gasteiger charge is 2.23. The zero-order valence-corrected chi connectivity index (χ0v) is 14.6. The van der Waals surface area contributed by atoms with Crippen molar-refractivity contribution in [2.75, 3.05) is 16.8 Å². The molecule has 132 valence electrons. The van der Waals surface area contributed by atoms with Crippen molar-refractivity contribution in [2.24, 2.45) is 0 Å². The summed E-state index contributed by atoms with van der Waals surface area (Å²) in [6.45, 7) is 0.926. The van der Waals surface area contributed by atoms with Gasteiger partial charge >= 0.3 is 0 Å². The van der Waals surface area contributed by atoms with Crippen molar-refractivity contribution in [3.05, 3.63) is 57.5 Å². The fourth-order valence-electron chi connectivity index (χ4n) is 3.00. The third kappa shape index (κ3) is 3.25. The molecule has 0 atom stereocenters. The number of benzene rings is 1. The van der Waals surface area contributed by atoms with Crippen LogP contribution >= 0.6 is 11.6 Å². The normalized spacial score (nSPS) is 14.2. The van der Waals surface area contributed by atoms with Gasteiger partial charge in [0.25, 0.3) is 5.56 Å². The molecule has 4 rings (SSSR count). The highest BCUT2D eigenvalue weighted by Crippen LogP contribution is 2.20. The summed E-state index contributed by atoms with van der Waals surface area (Å²) in [7, 11) is 0. The molecule has 0 aliphatic carbocycles. The Morgan fingerprint density at radius 1 is 1.23 bits per heavy atom. The van der Waals surface area contributed by atoms with E-state index in [1.165, 1.54) is 0 Å². The molecule has 2 N–H and O–H groups in total. The Morgan fingerprint density at radius 2 is 2.12 bits per heavy atom. The molecule has 1 aromatic carbocycles. The van der Waals surface area contributed by atoms with Crippen LogP contribution in [0.1, 0.15) is 18.4 Å². The second-order valence-electron chi connectivity index (χ2n) is 6.10. The van der Waals surface area contributed by atoms with Gasteiger partial charge in [0, 0.05) is 47.2 Å². The first kappa shape index (κ1) is 16.5. The van der Waals surface area contributed by atoms with Gasteiger partial charge in [-0.2, -0.15) is 4.98 Å². The Kier molecular flexibility index (Phi) is 4.30. The van der Waals surface area contributed by atoms with E-state index in [0.29, 0.717) is 35.3 Å². The number of hydrogen-bond acceptors (Lipinski definition) is 5. The maximum Gasteiger partial charge on any atom is 0.253 e. The predicted octanol–water partition coefficient (Wildman–Crippen LogP) is 2.71. The lowest BCUT2D eigenvalue weighted by atomic mass is 10.1. The Hall–Kier alpha value is -2.93. The molecule has 1 fully saturated rings. The molecule has 3 aromatic rings. The number of carbonyl (C=O) groups is 1. The molecule has 0 saturated carbocycles. The number of pyridine rings is 1. The molecule has 1 aliphatic heterocycles. The first-order valence-electron chi connectivity index (χ1n) is 8.29. The monoisotopic (exact) mass is 369 g/mol. The van der Waals surface area contributed by atoms with E-state index in [2.05, 4.69) is 20.3 Å². The van der Waals surface area contributed by atoms with Gasteiger partial charge in [0.05, 0.1) is 0 Å². The van der Waals surface area contributed by atoms with Crippen molar-refractivity contribution in [1.82, 2.24) is 15.0 Å². The second-order valence-corrected chi connectivity index (χ2v) is 6.53. The molecule has 1 amide bonds. The van der Waals surface area contributed by atoms with Gasteiger partial charge < -0.3 is 10.3 Å². The van der Waals surface area contributed by atoms with Crippen LogP contribution in [-0.2, 0) is 11.3 Å². The van der Waals surface area contributed by atoms with E-state index >= 15 is 0 Å². The number of nitrogens with one attached hydrogen (secondary N) is 2. The quantitative estimate of drug-likeness (QED) is 0.737. The average molecular weight is 370 g/mol. The number of carbonyl (C=O) groups excluding carboxylic acids is 1. The smallest absolute Gasteiger partial charge is 0.253 e. The molecule has 0 unspecified atom stereocenters. The first-order chi connectivity index (χ1) is 12.6. The maximum absolute atomic E-state index is 12.2. The fourth-order valence-corrected chi connectivity index (χ4v) is 3.18. The SMILES string of the molecule is O=C1CCCN1c1ccnc(NCc2cc3cc(Cl)ccc3[nH]c2=O)n1. The molecule has 8 heteroatoms.